The number of aryl methyl sites for hydroxylation is 2. The summed E-state index contributed by atoms with van der Waals surface area (Å²) in [4.78, 5) is 25.6. The van der Waals surface area contributed by atoms with Gasteiger partial charge in [-0.15, -0.1) is 0 Å². The van der Waals surface area contributed by atoms with Crippen LogP contribution in [0.5, 0.6) is 0 Å². The molecule has 19 heavy (non-hydrogen) atoms. The van der Waals surface area contributed by atoms with Crippen LogP contribution >= 0.6 is 0 Å². The Hall–Kier alpha value is -1.84. The van der Waals surface area contributed by atoms with Crippen molar-refractivity contribution in [3.05, 3.63) is 29.3 Å². The molecule has 0 spiro atoms. The normalized spacial score (nSPS) is 23.1. The molecule has 1 saturated carbocycles. The van der Waals surface area contributed by atoms with Gasteiger partial charge in [0.15, 0.2) is 0 Å². The number of amides is 2. The lowest BCUT2D eigenvalue weighted by molar-refractivity contribution is -0.139. The summed E-state index contributed by atoms with van der Waals surface area (Å²) in [6.07, 6.45) is 2.21. The third-order valence-electron chi connectivity index (χ3n) is 3.82. The largest absolute Gasteiger partial charge is 0.373 e. The molecular formula is C15H18N2O2. The molecule has 2 amide bonds. The van der Waals surface area contributed by atoms with Crippen LogP contribution in [-0.2, 0) is 9.59 Å². The van der Waals surface area contributed by atoms with Crippen LogP contribution in [0.2, 0.25) is 0 Å². The van der Waals surface area contributed by atoms with E-state index in [-0.39, 0.29) is 24.3 Å². The molecule has 3 rings (SSSR count). The van der Waals surface area contributed by atoms with Gasteiger partial charge in [0.05, 0.1) is 6.42 Å². The minimum Gasteiger partial charge on any atom is -0.373 e. The predicted molar refractivity (Wildman–Crippen MR) is 72.8 cm³/mol. The minimum atomic E-state index is -0.395. The molecule has 0 radical (unpaired) electrons. The third kappa shape index (κ3) is 2.23. The number of rotatable bonds is 3. The summed E-state index contributed by atoms with van der Waals surface area (Å²) in [5.74, 6) is -0.0938. The Balaban J connectivity index is 1.78. The highest BCUT2D eigenvalue weighted by Crippen LogP contribution is 2.32. The smallest absolute Gasteiger partial charge is 0.252 e. The Morgan fingerprint density at radius 3 is 2.63 bits per heavy atom. The maximum Gasteiger partial charge on any atom is 0.252 e. The van der Waals surface area contributed by atoms with E-state index < -0.39 is 6.04 Å². The highest BCUT2D eigenvalue weighted by molar-refractivity contribution is 6.07. The summed E-state index contributed by atoms with van der Waals surface area (Å²) in [7, 11) is 0. The van der Waals surface area contributed by atoms with Gasteiger partial charge in [-0.1, -0.05) is 12.1 Å². The number of carbonyl (C=O) groups excluding carboxylic acids is 2. The molecule has 0 bridgehead atoms. The number of hydrogen-bond donors (Lipinski definition) is 1. The molecule has 1 unspecified atom stereocenters. The van der Waals surface area contributed by atoms with Crippen molar-refractivity contribution in [2.24, 2.45) is 0 Å². The van der Waals surface area contributed by atoms with Gasteiger partial charge in [-0.25, -0.2) is 0 Å². The fraction of sp³-hybridized carbons (Fsp3) is 0.467. The monoisotopic (exact) mass is 258 g/mol. The first-order valence-corrected chi connectivity index (χ1v) is 6.76. The third-order valence-corrected chi connectivity index (χ3v) is 3.82. The van der Waals surface area contributed by atoms with Crippen LogP contribution in [0.3, 0.4) is 0 Å². The molecule has 1 saturated heterocycles. The molecule has 1 aliphatic heterocycles. The van der Waals surface area contributed by atoms with E-state index in [9.17, 15) is 9.59 Å². The molecule has 1 aromatic rings. The van der Waals surface area contributed by atoms with E-state index in [1.165, 1.54) is 4.90 Å². The van der Waals surface area contributed by atoms with Crippen molar-refractivity contribution in [1.29, 1.82) is 0 Å². The molecule has 4 nitrogen and oxygen atoms in total. The van der Waals surface area contributed by atoms with Gasteiger partial charge in [0.25, 0.3) is 5.91 Å². The van der Waals surface area contributed by atoms with E-state index in [1.54, 1.807) is 0 Å². The van der Waals surface area contributed by atoms with E-state index in [0.717, 1.165) is 29.7 Å². The minimum absolute atomic E-state index is 0.0321. The predicted octanol–water partition coefficient (Wildman–Crippen LogP) is 2.01. The highest BCUT2D eigenvalue weighted by atomic mass is 16.2. The molecule has 0 aromatic heterocycles. The second-order valence-corrected chi connectivity index (χ2v) is 5.55. The van der Waals surface area contributed by atoms with Gasteiger partial charge in [0.2, 0.25) is 5.91 Å². The lowest BCUT2D eigenvalue weighted by atomic mass is 10.1. The lowest BCUT2D eigenvalue weighted by Gasteiger charge is -2.16. The average molecular weight is 258 g/mol. The summed E-state index contributed by atoms with van der Waals surface area (Å²) in [5.41, 5.74) is 3.18. The van der Waals surface area contributed by atoms with Crippen molar-refractivity contribution in [3.8, 4) is 0 Å². The number of likely N-dealkylation sites (tertiary alicyclic amines) is 1. The Morgan fingerprint density at radius 1 is 1.21 bits per heavy atom. The zero-order valence-corrected chi connectivity index (χ0v) is 11.3. The molecular weight excluding hydrogens is 240 g/mol. The van der Waals surface area contributed by atoms with Gasteiger partial charge in [0, 0.05) is 11.7 Å². The van der Waals surface area contributed by atoms with E-state index in [0.29, 0.717) is 0 Å². The van der Waals surface area contributed by atoms with Crippen molar-refractivity contribution in [2.75, 3.05) is 5.32 Å². The Bertz CT molecular complexity index is 549. The fourth-order valence-electron chi connectivity index (χ4n) is 2.56. The molecule has 2 fully saturated rings. The van der Waals surface area contributed by atoms with Crippen molar-refractivity contribution in [1.82, 2.24) is 4.90 Å². The van der Waals surface area contributed by atoms with Crippen LogP contribution < -0.4 is 5.32 Å². The van der Waals surface area contributed by atoms with Crippen LogP contribution in [0.15, 0.2) is 18.2 Å². The number of imide groups is 1. The molecule has 1 heterocycles. The second kappa shape index (κ2) is 4.37. The first-order valence-electron chi connectivity index (χ1n) is 6.76. The van der Waals surface area contributed by atoms with Crippen LogP contribution in [0.25, 0.3) is 0 Å². The van der Waals surface area contributed by atoms with Crippen molar-refractivity contribution >= 4 is 17.5 Å². The standard InChI is InChI=1S/C15H18N2O2/c1-9-3-4-10(2)12(7-9)16-13-8-14(18)17(15(13)19)11-5-6-11/h3-4,7,11,13,16H,5-6,8H2,1-2H3. The van der Waals surface area contributed by atoms with Crippen molar-refractivity contribution in [2.45, 2.75) is 45.2 Å². The number of carbonyl (C=O) groups is 2. The molecule has 4 heteroatoms. The Morgan fingerprint density at radius 2 is 1.95 bits per heavy atom. The zero-order chi connectivity index (χ0) is 13.6. The summed E-state index contributed by atoms with van der Waals surface area (Å²) in [6.45, 7) is 4.02. The number of hydrogen-bond acceptors (Lipinski definition) is 3. The number of anilines is 1. The second-order valence-electron chi connectivity index (χ2n) is 5.55. The maximum atomic E-state index is 12.2. The summed E-state index contributed by atoms with van der Waals surface area (Å²) < 4.78 is 0. The number of benzene rings is 1. The SMILES string of the molecule is Cc1ccc(C)c(NC2CC(=O)N(C3CC3)C2=O)c1. The van der Waals surface area contributed by atoms with Gasteiger partial charge < -0.3 is 5.32 Å². The van der Waals surface area contributed by atoms with E-state index in [2.05, 4.69) is 5.32 Å². The van der Waals surface area contributed by atoms with Crippen molar-refractivity contribution in [3.63, 3.8) is 0 Å². The van der Waals surface area contributed by atoms with Gasteiger partial charge in [-0.05, 0) is 43.9 Å². The summed E-state index contributed by atoms with van der Waals surface area (Å²) in [5, 5.41) is 3.23. The maximum absolute atomic E-state index is 12.2. The summed E-state index contributed by atoms with van der Waals surface area (Å²) in [6, 6.07) is 5.86. The van der Waals surface area contributed by atoms with E-state index in [1.807, 2.05) is 32.0 Å². The van der Waals surface area contributed by atoms with Gasteiger partial charge >= 0.3 is 0 Å². The van der Waals surface area contributed by atoms with Gasteiger partial charge in [0.1, 0.15) is 6.04 Å². The number of nitrogens with zero attached hydrogens (tertiary/aromatic N) is 1. The quantitative estimate of drug-likeness (QED) is 0.844. The van der Waals surface area contributed by atoms with Crippen LogP contribution in [0, 0.1) is 13.8 Å². The summed E-state index contributed by atoms with van der Waals surface area (Å²) >= 11 is 0. The van der Waals surface area contributed by atoms with Gasteiger partial charge in [-0.3, -0.25) is 14.5 Å². The molecule has 1 N–H and O–H groups in total. The topological polar surface area (TPSA) is 49.4 Å². The molecule has 1 aliphatic carbocycles. The van der Waals surface area contributed by atoms with Crippen LogP contribution in [-0.4, -0.2) is 28.8 Å². The Kier molecular flexibility index (Phi) is 2.81. The Labute approximate surface area is 112 Å². The first kappa shape index (κ1) is 12.2. The molecule has 2 aliphatic rings. The first-order chi connectivity index (χ1) is 9.06. The van der Waals surface area contributed by atoms with Crippen LogP contribution in [0.1, 0.15) is 30.4 Å². The van der Waals surface area contributed by atoms with Gasteiger partial charge in [-0.2, -0.15) is 0 Å². The fourth-order valence-corrected chi connectivity index (χ4v) is 2.56. The average Bonchev–Trinajstić information content (AvgIpc) is 3.13. The van der Waals surface area contributed by atoms with Crippen molar-refractivity contribution < 1.29 is 9.59 Å². The lowest BCUT2D eigenvalue weighted by Crippen LogP contribution is -2.36. The zero-order valence-electron chi connectivity index (χ0n) is 11.3. The molecule has 1 aromatic carbocycles. The van der Waals surface area contributed by atoms with E-state index in [4.69, 9.17) is 0 Å². The highest BCUT2D eigenvalue weighted by Gasteiger charge is 2.46. The molecule has 100 valence electrons. The number of nitrogens with one attached hydrogen (secondary N) is 1. The van der Waals surface area contributed by atoms with E-state index >= 15 is 0 Å². The van der Waals surface area contributed by atoms with Crippen LogP contribution in [0.4, 0.5) is 5.69 Å². The molecule has 1 atom stereocenters.